The number of hydrogen-bond donors (Lipinski definition) is 0. The number of ketones is 1. The fourth-order valence-electron chi connectivity index (χ4n) is 8.69. The van der Waals surface area contributed by atoms with Gasteiger partial charge in [-0.05, 0) is 50.5 Å². The van der Waals surface area contributed by atoms with E-state index < -0.39 is 11.2 Å². The Balaban J connectivity index is 1.49. The molecular formula is C24H30O6. The van der Waals surface area contributed by atoms with Crippen LogP contribution in [0.5, 0.6) is 0 Å². The number of epoxide rings is 1. The van der Waals surface area contributed by atoms with Crippen LogP contribution in [-0.4, -0.2) is 42.1 Å². The largest absolute Gasteiger partial charge is 0.469 e. The van der Waals surface area contributed by atoms with Crippen molar-refractivity contribution in [2.45, 2.75) is 82.5 Å². The third kappa shape index (κ3) is 1.94. The normalized spacial score (nSPS) is 53.2. The number of carbonyl (C=O) groups is 3. The lowest BCUT2D eigenvalue weighted by Gasteiger charge is -2.58. The Labute approximate surface area is 176 Å². The molecule has 2 spiro atoms. The van der Waals surface area contributed by atoms with Gasteiger partial charge in [0.1, 0.15) is 11.2 Å². The van der Waals surface area contributed by atoms with Gasteiger partial charge in [0.15, 0.2) is 5.78 Å². The molecule has 0 radical (unpaired) electrons. The number of carbonyl (C=O) groups excluding carboxylic acids is 3. The average molecular weight is 414 g/mol. The first-order valence-corrected chi connectivity index (χ1v) is 11.4. The molecule has 7 unspecified atom stereocenters. The van der Waals surface area contributed by atoms with Crippen LogP contribution in [0.1, 0.15) is 65.2 Å². The van der Waals surface area contributed by atoms with Crippen molar-refractivity contribution in [1.82, 2.24) is 0 Å². The second kappa shape index (κ2) is 5.56. The molecule has 8 atom stereocenters. The number of rotatable bonds is 1. The number of methoxy groups -OCH3 is 1. The lowest BCUT2D eigenvalue weighted by Crippen LogP contribution is -2.63. The number of esters is 2. The van der Waals surface area contributed by atoms with Crippen LogP contribution in [0.15, 0.2) is 11.6 Å². The van der Waals surface area contributed by atoms with E-state index in [0.29, 0.717) is 19.3 Å². The molecule has 5 fully saturated rings. The van der Waals surface area contributed by atoms with Crippen LogP contribution in [-0.2, 0) is 28.6 Å². The molecule has 0 aromatic heterocycles. The summed E-state index contributed by atoms with van der Waals surface area (Å²) in [5, 5.41) is 0. The Morgan fingerprint density at radius 3 is 2.67 bits per heavy atom. The first-order valence-electron chi connectivity index (χ1n) is 11.4. The standard InChI is InChI=1S/C24H30O6/c1-21-7-4-14(25)10-13(21)11-15(20(27)28-3)19-16-5-8-23(9-6-18(26)30-23)22(16,2)12-17-24(19,21)29-17/h10,15-17,19H,4-9,11-12H2,1-3H3/t15?,16?,17?,19?,21?,22?,23?,24-/m1/s1. The number of hydrogen-bond acceptors (Lipinski definition) is 6. The minimum absolute atomic E-state index is 0.0303. The lowest BCUT2D eigenvalue weighted by molar-refractivity contribution is -0.172. The Morgan fingerprint density at radius 1 is 1.17 bits per heavy atom. The van der Waals surface area contributed by atoms with Crippen LogP contribution in [0.2, 0.25) is 0 Å². The summed E-state index contributed by atoms with van der Waals surface area (Å²) < 4.78 is 17.9. The van der Waals surface area contributed by atoms with Crippen LogP contribution in [0, 0.1) is 28.6 Å². The van der Waals surface area contributed by atoms with E-state index in [1.165, 1.54) is 7.11 Å². The third-order valence-corrected chi connectivity index (χ3v) is 10.2. The predicted molar refractivity (Wildman–Crippen MR) is 105 cm³/mol. The van der Waals surface area contributed by atoms with E-state index in [0.717, 1.165) is 37.7 Å². The molecule has 2 heterocycles. The fourth-order valence-corrected chi connectivity index (χ4v) is 8.69. The molecule has 2 saturated heterocycles. The minimum Gasteiger partial charge on any atom is -0.469 e. The molecule has 0 aromatic rings. The molecule has 2 aliphatic heterocycles. The molecule has 6 rings (SSSR count). The van der Waals surface area contributed by atoms with Gasteiger partial charge in [-0.2, -0.15) is 0 Å². The Hall–Kier alpha value is -1.69. The quantitative estimate of drug-likeness (QED) is 0.484. The van der Waals surface area contributed by atoms with Crippen molar-refractivity contribution >= 4 is 17.7 Å². The topological polar surface area (TPSA) is 82.2 Å². The zero-order chi connectivity index (χ0) is 21.1. The van der Waals surface area contributed by atoms with Crippen LogP contribution < -0.4 is 0 Å². The highest BCUT2D eigenvalue weighted by Crippen LogP contribution is 2.78. The van der Waals surface area contributed by atoms with Crippen molar-refractivity contribution < 1.29 is 28.6 Å². The van der Waals surface area contributed by atoms with Crippen molar-refractivity contribution in [1.29, 1.82) is 0 Å². The van der Waals surface area contributed by atoms with Crippen LogP contribution in [0.3, 0.4) is 0 Å². The summed E-state index contributed by atoms with van der Waals surface area (Å²) in [4.78, 5) is 37.4. The summed E-state index contributed by atoms with van der Waals surface area (Å²) in [6.07, 6.45) is 7.61. The van der Waals surface area contributed by atoms with E-state index >= 15 is 0 Å². The zero-order valence-corrected chi connectivity index (χ0v) is 18.0. The first-order chi connectivity index (χ1) is 14.2. The van der Waals surface area contributed by atoms with Gasteiger partial charge in [-0.15, -0.1) is 0 Å². The molecule has 0 bridgehead atoms. The van der Waals surface area contributed by atoms with Gasteiger partial charge < -0.3 is 14.2 Å². The van der Waals surface area contributed by atoms with E-state index in [2.05, 4.69) is 13.8 Å². The van der Waals surface area contributed by atoms with Crippen molar-refractivity contribution in [2.24, 2.45) is 28.6 Å². The summed E-state index contributed by atoms with van der Waals surface area (Å²) in [6, 6.07) is 0. The van der Waals surface area contributed by atoms with Gasteiger partial charge in [0.25, 0.3) is 0 Å². The molecule has 6 heteroatoms. The summed E-state index contributed by atoms with van der Waals surface area (Å²) in [6.45, 7) is 4.51. The maximum Gasteiger partial charge on any atom is 0.309 e. The molecule has 162 valence electrons. The smallest absolute Gasteiger partial charge is 0.309 e. The number of fused-ring (bicyclic) bond motifs is 4. The van der Waals surface area contributed by atoms with Gasteiger partial charge in [0.05, 0.1) is 19.1 Å². The van der Waals surface area contributed by atoms with E-state index in [-0.39, 0.29) is 52.4 Å². The van der Waals surface area contributed by atoms with Gasteiger partial charge in [0, 0.05) is 29.6 Å². The minimum atomic E-state index is -0.424. The van der Waals surface area contributed by atoms with E-state index in [4.69, 9.17) is 14.2 Å². The summed E-state index contributed by atoms with van der Waals surface area (Å²) in [5.74, 6) is -0.201. The average Bonchev–Trinajstić information content (AvgIpc) is 3.20. The first kappa shape index (κ1) is 19.0. The summed E-state index contributed by atoms with van der Waals surface area (Å²) in [5.41, 5.74) is -0.175. The maximum atomic E-state index is 13.0. The molecule has 6 nitrogen and oxygen atoms in total. The van der Waals surface area contributed by atoms with Crippen molar-refractivity contribution in [2.75, 3.05) is 7.11 Å². The monoisotopic (exact) mass is 414 g/mol. The predicted octanol–water partition coefficient (Wildman–Crippen LogP) is 3.12. The molecule has 6 aliphatic rings. The highest BCUT2D eigenvalue weighted by molar-refractivity contribution is 5.92. The highest BCUT2D eigenvalue weighted by atomic mass is 16.6. The van der Waals surface area contributed by atoms with Crippen molar-refractivity contribution in [3.8, 4) is 0 Å². The lowest BCUT2D eigenvalue weighted by atomic mass is 9.43. The summed E-state index contributed by atoms with van der Waals surface area (Å²) >= 11 is 0. The van der Waals surface area contributed by atoms with Gasteiger partial charge in [0.2, 0.25) is 0 Å². The molecule has 4 aliphatic carbocycles. The Kier molecular flexibility index (Phi) is 3.53. The molecule has 30 heavy (non-hydrogen) atoms. The fraction of sp³-hybridized carbons (Fsp3) is 0.792. The molecule has 0 aromatic carbocycles. The highest BCUT2D eigenvalue weighted by Gasteiger charge is 2.83. The van der Waals surface area contributed by atoms with E-state index in [9.17, 15) is 14.4 Å². The maximum absolute atomic E-state index is 13.0. The Morgan fingerprint density at radius 2 is 1.97 bits per heavy atom. The molecule has 0 N–H and O–H groups in total. The van der Waals surface area contributed by atoms with Crippen molar-refractivity contribution in [3.05, 3.63) is 11.6 Å². The van der Waals surface area contributed by atoms with Gasteiger partial charge in [-0.1, -0.05) is 19.4 Å². The molecule has 0 amide bonds. The van der Waals surface area contributed by atoms with Crippen LogP contribution in [0.4, 0.5) is 0 Å². The van der Waals surface area contributed by atoms with Crippen LogP contribution in [0.25, 0.3) is 0 Å². The SMILES string of the molecule is COC(=O)C1CC2=CC(=O)CCC2(C)[C@@]23OC2CC2(C)C(CCC24CCC(=O)O4)C13. The van der Waals surface area contributed by atoms with Gasteiger partial charge >= 0.3 is 11.9 Å². The van der Waals surface area contributed by atoms with Gasteiger partial charge in [-0.3, -0.25) is 14.4 Å². The van der Waals surface area contributed by atoms with Crippen molar-refractivity contribution in [3.63, 3.8) is 0 Å². The number of ether oxygens (including phenoxy) is 3. The zero-order valence-electron chi connectivity index (χ0n) is 18.0. The summed E-state index contributed by atoms with van der Waals surface area (Å²) in [7, 11) is 1.45. The molecule has 3 saturated carbocycles. The van der Waals surface area contributed by atoms with Crippen LogP contribution >= 0.6 is 0 Å². The van der Waals surface area contributed by atoms with E-state index in [1.807, 2.05) is 0 Å². The molecular weight excluding hydrogens is 384 g/mol. The second-order valence-electron chi connectivity index (χ2n) is 11.0. The second-order valence-corrected chi connectivity index (χ2v) is 11.0. The Bertz CT molecular complexity index is 907. The van der Waals surface area contributed by atoms with Gasteiger partial charge in [-0.25, -0.2) is 0 Å². The van der Waals surface area contributed by atoms with E-state index in [1.54, 1.807) is 6.08 Å². The third-order valence-electron chi connectivity index (χ3n) is 10.2.